The molecule has 0 radical (unpaired) electrons. The first-order valence-electron chi connectivity index (χ1n) is 47.3. The van der Waals surface area contributed by atoms with Gasteiger partial charge in [-0.3, -0.25) is 39.1 Å². The van der Waals surface area contributed by atoms with Crippen LogP contribution in [0.4, 0.5) is 63.5 Å². The molecule has 0 bridgehead atoms. The van der Waals surface area contributed by atoms with Crippen LogP contribution < -0.4 is 58.1 Å². The molecule has 0 atom stereocenters. The van der Waals surface area contributed by atoms with E-state index in [0.29, 0.717) is 72.3 Å². The lowest BCUT2D eigenvalue weighted by molar-refractivity contribution is 0.0180. The van der Waals surface area contributed by atoms with Gasteiger partial charge in [0.1, 0.15) is 56.7 Å². The monoisotopic (exact) mass is 1950 g/mol. The van der Waals surface area contributed by atoms with Crippen molar-refractivity contribution in [2.45, 2.75) is 97.5 Å². The number of ether oxygens (including phenoxy) is 8. The number of nitrogens with one attached hydrogen (secondary N) is 2. The second-order valence-corrected chi connectivity index (χ2v) is 36.2. The van der Waals surface area contributed by atoms with Gasteiger partial charge in [0.25, 0.3) is 5.92 Å². The fraction of sp³-hybridized carbons (Fsp3) is 0.349. The number of hydrogen-bond donors (Lipinski definition) is 2. The van der Waals surface area contributed by atoms with Crippen molar-refractivity contribution in [1.29, 1.82) is 0 Å². The van der Waals surface area contributed by atoms with Gasteiger partial charge in [0.15, 0.2) is 0 Å². The Bertz CT molecular complexity index is 6900. The summed E-state index contributed by atoms with van der Waals surface area (Å²) >= 11 is 6.68. The Kier molecular flexibility index (Phi) is 33.5. The van der Waals surface area contributed by atoms with E-state index in [9.17, 15) is 18.0 Å². The van der Waals surface area contributed by atoms with Crippen LogP contribution in [0.1, 0.15) is 86.0 Å². The number of amides is 1. The second-order valence-electron chi connectivity index (χ2n) is 35.9. The third-order valence-corrected chi connectivity index (χ3v) is 24.7. The van der Waals surface area contributed by atoms with Crippen LogP contribution in [-0.4, -0.2) is 229 Å². The number of alkyl halides is 2. The van der Waals surface area contributed by atoms with Gasteiger partial charge in [-0.15, -0.1) is 0 Å². The Labute approximate surface area is 829 Å². The topological polar surface area (TPSA) is 308 Å². The zero-order valence-corrected chi connectivity index (χ0v) is 83.6. The number of rotatable bonds is 34. The summed E-state index contributed by atoms with van der Waals surface area (Å²) in [4.78, 5) is 63.2. The van der Waals surface area contributed by atoms with Crippen LogP contribution in [0.2, 0.25) is 5.02 Å². The number of nitrogens with zero attached hydrogens (tertiary/aromatic N) is 21. The molecule has 2 fully saturated rings. The fourth-order valence-corrected chi connectivity index (χ4v) is 17.3. The minimum absolute atomic E-state index is 0.228. The van der Waals surface area contributed by atoms with Crippen LogP contribution >= 0.6 is 11.6 Å². The van der Waals surface area contributed by atoms with E-state index in [2.05, 4.69) is 94.3 Å². The molecular formula is C106H121ClF3N23O9. The molecule has 142 heavy (non-hydrogen) atoms. The highest BCUT2D eigenvalue weighted by atomic mass is 35.5. The van der Waals surface area contributed by atoms with Gasteiger partial charge in [0, 0.05) is 215 Å². The number of methoxy groups -OCH3 is 7. The minimum Gasteiger partial charge on any atom is -0.497 e. The molecule has 1 amide bonds. The number of benzene rings is 8. The summed E-state index contributed by atoms with van der Waals surface area (Å²) in [7, 11) is 16.9. The number of aromatic amines is 1. The molecule has 0 unspecified atom stereocenters. The maximum absolute atomic E-state index is 14.4. The standard InChI is InChI=1S/C32H40N6O4.C26H30F2N6O2.C25H27FN6O.C23H24ClN5O2/c1-32(2,3)42-31(39)37-12-9-22(10-13-37)11-14-38(25-15-26(40-5)18-27(16-25)41-6)24-7-8-28-29(17-24)35-30(20-33-28)23-19-34-36(4)21-23;1-26(27,28)17-29-8-5-9-34(20-10-21(35-3)13-22(11-20)36-4)19-6-7-23-24(12-19)32-25(15-30-23)18-14-31-33(2)16-18;1-33-22-12-19(26)11-21(13-22)32(10-4-9-31-7-2-3-8-31)20-5-6-23-24(14-20)30-25(17-27-23)18-15-28-29-16-18;1-5-8-29(21-10-17(30-3)11-22(31-4)23(21)24)16-6-7-18-19(9-16)27-20(13-25-18)15-12-26-28(2)14-15/h7-8,15-22H,9-14H2,1-6H3;6-7,10-16,29H,5,8-9,17H2,1-4H3;5-6,11-17H,2-4,7-10H2,1H3,(H,28,29);6-7,9-14H,5,8H2,1-4H3. The van der Waals surface area contributed by atoms with Crippen molar-refractivity contribution in [3.05, 3.63) is 225 Å². The molecule has 36 heteroatoms. The lowest BCUT2D eigenvalue weighted by atomic mass is 9.93. The summed E-state index contributed by atoms with van der Waals surface area (Å²) in [5, 5.41) is 22.9. The molecule has 742 valence electrons. The minimum atomic E-state index is -2.75. The number of aryl methyl sites for hydroxylation is 3. The molecule has 18 rings (SSSR count). The van der Waals surface area contributed by atoms with Crippen LogP contribution in [0, 0.1) is 11.7 Å². The Balaban J connectivity index is 0.000000144. The number of hydrogen-bond acceptors (Lipinski definition) is 27. The van der Waals surface area contributed by atoms with Crippen molar-refractivity contribution in [3.8, 4) is 85.3 Å². The number of fused-ring (bicyclic) bond motifs is 4. The average molecular weight is 1950 g/mol. The molecule has 32 nitrogen and oxygen atoms in total. The van der Waals surface area contributed by atoms with Crippen LogP contribution in [-0.2, 0) is 25.9 Å². The SMILES string of the molecule is CCCN(c1ccc2ncc(-c3cnn(C)c3)nc2c1)c1cc(OC)cc(OC)c1Cl.COc1cc(F)cc(N(CCCN2CCCC2)c2ccc3ncc(-c4cn[nH]c4)nc3c2)c1.COc1cc(OC)cc(N(CCC2CCN(C(=O)OC(C)(C)C)CC2)c2ccc3ncc(-c4cnn(C)c4)nc3c2)c1.COc1cc(OC)cc(N(CCCNCC(C)(F)F)c2ccc3ncc(-c4cnn(C)c4)nc3c2)c1. The van der Waals surface area contributed by atoms with Gasteiger partial charge < -0.3 is 72.6 Å². The Morgan fingerprint density at radius 1 is 0.458 bits per heavy atom. The first-order chi connectivity index (χ1) is 68.6. The van der Waals surface area contributed by atoms with Crippen LogP contribution in [0.3, 0.4) is 0 Å². The first-order valence-corrected chi connectivity index (χ1v) is 47.6. The molecule has 8 aromatic carbocycles. The van der Waals surface area contributed by atoms with Gasteiger partial charge >= 0.3 is 6.09 Å². The van der Waals surface area contributed by atoms with Gasteiger partial charge in [-0.25, -0.2) is 37.9 Å². The molecule has 8 aromatic heterocycles. The number of anilines is 8. The van der Waals surface area contributed by atoms with Crippen LogP contribution in [0.25, 0.3) is 89.2 Å². The largest absolute Gasteiger partial charge is 0.497 e. The van der Waals surface area contributed by atoms with Gasteiger partial charge in [-0.1, -0.05) is 18.5 Å². The third kappa shape index (κ3) is 26.4. The fourth-order valence-electron chi connectivity index (χ4n) is 17.0. The molecule has 2 aliphatic rings. The predicted molar refractivity (Wildman–Crippen MR) is 551 cm³/mol. The van der Waals surface area contributed by atoms with E-state index in [-0.39, 0.29) is 18.5 Å². The highest BCUT2D eigenvalue weighted by Crippen LogP contribution is 2.44. The van der Waals surface area contributed by atoms with Crippen molar-refractivity contribution in [2.24, 2.45) is 27.1 Å². The van der Waals surface area contributed by atoms with Gasteiger partial charge in [-0.2, -0.15) is 20.4 Å². The van der Waals surface area contributed by atoms with Crippen molar-refractivity contribution < 1.29 is 55.9 Å². The smallest absolute Gasteiger partial charge is 0.410 e. The summed E-state index contributed by atoms with van der Waals surface area (Å²) in [5.41, 5.74) is 19.7. The number of aromatic nitrogens is 16. The summed E-state index contributed by atoms with van der Waals surface area (Å²) < 4.78 is 89.9. The first kappa shape index (κ1) is 101. The van der Waals surface area contributed by atoms with E-state index in [4.69, 9.17) is 69.4 Å². The molecule has 0 saturated carbocycles. The lowest BCUT2D eigenvalue weighted by Crippen LogP contribution is -2.42. The number of carbonyl (C=O) groups is 1. The summed E-state index contributed by atoms with van der Waals surface area (Å²) in [5.74, 6) is 1.90. The highest BCUT2D eigenvalue weighted by Gasteiger charge is 2.30. The van der Waals surface area contributed by atoms with E-state index in [1.807, 2.05) is 169 Å². The maximum atomic E-state index is 14.4. The van der Waals surface area contributed by atoms with Gasteiger partial charge in [-0.05, 0) is 183 Å². The molecule has 16 aromatic rings. The molecule has 2 aliphatic heterocycles. The number of H-pyrrole nitrogens is 1. The zero-order valence-electron chi connectivity index (χ0n) is 82.8. The Morgan fingerprint density at radius 2 is 0.866 bits per heavy atom. The van der Waals surface area contributed by atoms with E-state index >= 15 is 0 Å². The molecule has 2 N–H and O–H groups in total. The highest BCUT2D eigenvalue weighted by molar-refractivity contribution is 6.35. The zero-order chi connectivity index (χ0) is 100. The van der Waals surface area contributed by atoms with Gasteiger partial charge in [0.05, 0.1) is 178 Å². The van der Waals surface area contributed by atoms with Crippen molar-refractivity contribution >= 4 is 107 Å². The van der Waals surface area contributed by atoms with Crippen LogP contribution in [0.15, 0.2) is 214 Å². The van der Waals surface area contributed by atoms with E-state index < -0.39 is 11.5 Å². The third-order valence-electron chi connectivity index (χ3n) is 24.3. The predicted octanol–water partition coefficient (Wildman–Crippen LogP) is 21.1. The van der Waals surface area contributed by atoms with Crippen molar-refractivity contribution in [3.63, 3.8) is 0 Å². The van der Waals surface area contributed by atoms with E-state index in [1.54, 1.807) is 138 Å². The van der Waals surface area contributed by atoms with Crippen molar-refractivity contribution in [1.82, 2.24) is 94.5 Å². The maximum Gasteiger partial charge on any atom is 0.410 e. The number of halogens is 4. The summed E-state index contributed by atoms with van der Waals surface area (Å²) in [6.45, 7) is 16.4. The Hall–Kier alpha value is -15.0. The lowest BCUT2D eigenvalue weighted by Gasteiger charge is -2.34. The molecule has 2 saturated heterocycles. The Morgan fingerprint density at radius 3 is 1.26 bits per heavy atom. The molecule has 10 heterocycles. The van der Waals surface area contributed by atoms with Crippen LogP contribution in [0.5, 0.6) is 40.2 Å². The molecule has 0 aliphatic carbocycles. The average Bonchev–Trinajstić information content (AvgIpc) is 1.02. The number of piperidine rings is 1. The summed E-state index contributed by atoms with van der Waals surface area (Å²) in [6, 6.07) is 44.1. The second kappa shape index (κ2) is 46.9. The quantitative estimate of drug-likeness (QED) is 0.0354. The van der Waals surface area contributed by atoms with E-state index in [0.717, 1.165) is 224 Å². The number of likely N-dealkylation sites (tertiary alicyclic amines) is 2. The van der Waals surface area contributed by atoms with E-state index in [1.165, 1.54) is 18.9 Å². The van der Waals surface area contributed by atoms with Gasteiger partial charge in [0.2, 0.25) is 0 Å². The molecular weight excluding hydrogens is 1830 g/mol. The summed E-state index contributed by atoms with van der Waals surface area (Å²) in [6.07, 6.45) is 29.3. The van der Waals surface area contributed by atoms with Crippen molar-refractivity contribution in [2.75, 3.05) is 141 Å². The normalized spacial score (nSPS) is 12.8. The molecule has 0 spiro atoms. The number of carbonyl (C=O) groups excluding carboxylic acids is 1.